The van der Waals surface area contributed by atoms with Crippen LogP contribution < -0.4 is 5.32 Å². The highest BCUT2D eigenvalue weighted by Gasteiger charge is 2.09. The summed E-state index contributed by atoms with van der Waals surface area (Å²) in [5.74, 6) is 2.06. The Bertz CT molecular complexity index is 738. The first-order valence-corrected chi connectivity index (χ1v) is 7.13. The number of para-hydroxylation sites is 1. The molecule has 0 amide bonds. The van der Waals surface area contributed by atoms with Crippen molar-refractivity contribution in [3.05, 3.63) is 60.2 Å². The molecule has 0 fully saturated rings. The van der Waals surface area contributed by atoms with E-state index in [1.54, 1.807) is 12.4 Å². The lowest BCUT2D eigenvalue weighted by molar-refractivity contribution is 0.783. The zero-order chi connectivity index (χ0) is 14.7. The van der Waals surface area contributed by atoms with E-state index in [2.05, 4.69) is 34.1 Å². The molecule has 1 N–H and O–H groups in total. The molecule has 21 heavy (non-hydrogen) atoms. The topological polar surface area (TPSA) is 50.7 Å². The van der Waals surface area contributed by atoms with Crippen molar-refractivity contribution in [1.82, 2.24) is 15.0 Å². The van der Waals surface area contributed by atoms with Crippen molar-refractivity contribution in [1.29, 1.82) is 0 Å². The van der Waals surface area contributed by atoms with Crippen molar-refractivity contribution in [2.75, 3.05) is 5.32 Å². The lowest BCUT2D eigenvalue weighted by atomic mass is 10.1. The summed E-state index contributed by atoms with van der Waals surface area (Å²) in [7, 11) is 0. The van der Waals surface area contributed by atoms with Crippen LogP contribution in [0, 0.1) is 0 Å². The van der Waals surface area contributed by atoms with Crippen LogP contribution in [0.4, 0.5) is 5.82 Å². The minimum absolute atomic E-state index is 0.302. The van der Waals surface area contributed by atoms with E-state index in [0.29, 0.717) is 5.92 Å². The van der Waals surface area contributed by atoms with Gasteiger partial charge in [-0.15, -0.1) is 0 Å². The summed E-state index contributed by atoms with van der Waals surface area (Å²) >= 11 is 0. The highest BCUT2D eigenvalue weighted by atomic mass is 15.0. The number of nitrogens with zero attached hydrogens (tertiary/aromatic N) is 3. The van der Waals surface area contributed by atoms with Gasteiger partial charge in [-0.3, -0.25) is 4.98 Å². The molecule has 2 aromatic heterocycles. The molecule has 1 aromatic carbocycles. The molecule has 0 aliphatic rings. The zero-order valence-corrected chi connectivity index (χ0v) is 12.2. The summed E-state index contributed by atoms with van der Waals surface area (Å²) in [5.41, 5.74) is 2.16. The fraction of sp³-hybridized carbons (Fsp3) is 0.235. The predicted molar refractivity (Wildman–Crippen MR) is 85.2 cm³/mol. The van der Waals surface area contributed by atoms with Crippen molar-refractivity contribution < 1.29 is 0 Å². The Balaban J connectivity index is 1.96. The first-order chi connectivity index (χ1) is 10.2. The van der Waals surface area contributed by atoms with E-state index in [9.17, 15) is 0 Å². The molecule has 2 heterocycles. The van der Waals surface area contributed by atoms with Gasteiger partial charge in [-0.05, 0) is 29.8 Å². The molecule has 0 aliphatic carbocycles. The van der Waals surface area contributed by atoms with E-state index in [1.165, 1.54) is 5.56 Å². The van der Waals surface area contributed by atoms with Crippen molar-refractivity contribution in [3.8, 4) is 0 Å². The van der Waals surface area contributed by atoms with Crippen LogP contribution in [0.15, 0.2) is 48.8 Å². The molecule has 0 spiro atoms. The number of benzene rings is 1. The maximum Gasteiger partial charge on any atom is 0.137 e. The molecule has 4 nitrogen and oxygen atoms in total. The van der Waals surface area contributed by atoms with Gasteiger partial charge in [0.05, 0.1) is 5.52 Å². The predicted octanol–water partition coefficient (Wildman–Crippen LogP) is 3.76. The fourth-order valence-corrected chi connectivity index (χ4v) is 2.17. The second-order valence-electron chi connectivity index (χ2n) is 5.31. The number of nitrogens with one attached hydrogen (secondary N) is 1. The van der Waals surface area contributed by atoms with Crippen LogP contribution in [-0.2, 0) is 6.54 Å². The molecule has 0 bridgehead atoms. The Hall–Kier alpha value is -2.49. The average Bonchev–Trinajstić information content (AvgIpc) is 2.53. The third-order valence-electron chi connectivity index (χ3n) is 3.35. The van der Waals surface area contributed by atoms with Gasteiger partial charge in [0.2, 0.25) is 0 Å². The van der Waals surface area contributed by atoms with Gasteiger partial charge in [-0.25, -0.2) is 9.97 Å². The van der Waals surface area contributed by atoms with Crippen molar-refractivity contribution >= 4 is 16.7 Å². The van der Waals surface area contributed by atoms with Crippen LogP contribution >= 0.6 is 0 Å². The van der Waals surface area contributed by atoms with E-state index >= 15 is 0 Å². The molecule has 0 aliphatic heterocycles. The molecule has 3 aromatic rings. The normalized spacial score (nSPS) is 11.0. The number of aromatic nitrogens is 3. The number of hydrogen-bond donors (Lipinski definition) is 1. The van der Waals surface area contributed by atoms with Gasteiger partial charge in [0.1, 0.15) is 11.6 Å². The van der Waals surface area contributed by atoms with Gasteiger partial charge in [-0.2, -0.15) is 0 Å². The van der Waals surface area contributed by atoms with Gasteiger partial charge >= 0.3 is 0 Å². The fourth-order valence-electron chi connectivity index (χ4n) is 2.17. The van der Waals surface area contributed by atoms with Crippen LogP contribution in [0.3, 0.4) is 0 Å². The maximum atomic E-state index is 4.68. The summed E-state index contributed by atoms with van der Waals surface area (Å²) in [6.45, 7) is 4.94. The SMILES string of the molecule is CC(C)c1nc(NCc2ccncc2)c2ccccc2n1. The van der Waals surface area contributed by atoms with E-state index in [1.807, 2.05) is 36.4 Å². The molecular weight excluding hydrogens is 260 g/mol. The third-order valence-corrected chi connectivity index (χ3v) is 3.35. The average molecular weight is 278 g/mol. The van der Waals surface area contributed by atoms with E-state index in [-0.39, 0.29) is 0 Å². The van der Waals surface area contributed by atoms with Gasteiger partial charge in [0.25, 0.3) is 0 Å². The number of rotatable bonds is 4. The highest BCUT2D eigenvalue weighted by molar-refractivity contribution is 5.89. The van der Waals surface area contributed by atoms with Crippen LogP contribution in [0.25, 0.3) is 10.9 Å². The molecule has 4 heteroatoms. The number of anilines is 1. The first kappa shape index (κ1) is 13.5. The minimum atomic E-state index is 0.302. The number of fused-ring (bicyclic) bond motifs is 1. The molecule has 0 saturated heterocycles. The Labute approximate surface area is 124 Å². The lowest BCUT2D eigenvalue weighted by Crippen LogP contribution is -2.06. The van der Waals surface area contributed by atoms with Gasteiger partial charge in [0, 0.05) is 30.2 Å². The van der Waals surface area contributed by atoms with Crippen LogP contribution in [0.1, 0.15) is 31.2 Å². The summed E-state index contributed by atoms with van der Waals surface area (Å²) < 4.78 is 0. The summed E-state index contributed by atoms with van der Waals surface area (Å²) in [4.78, 5) is 13.3. The lowest BCUT2D eigenvalue weighted by Gasteiger charge is -2.12. The van der Waals surface area contributed by atoms with E-state index in [0.717, 1.165) is 29.1 Å². The molecule has 0 unspecified atom stereocenters. The molecule has 0 atom stereocenters. The van der Waals surface area contributed by atoms with E-state index < -0.39 is 0 Å². The molecule has 0 radical (unpaired) electrons. The Morgan fingerprint density at radius 2 is 1.76 bits per heavy atom. The Morgan fingerprint density at radius 3 is 2.52 bits per heavy atom. The van der Waals surface area contributed by atoms with Crippen molar-refractivity contribution in [3.63, 3.8) is 0 Å². The third kappa shape index (κ3) is 2.99. The standard InChI is InChI=1S/C17H18N4/c1-12(2)16-20-15-6-4-3-5-14(15)17(21-16)19-11-13-7-9-18-10-8-13/h3-10,12H,11H2,1-2H3,(H,19,20,21). The number of hydrogen-bond acceptors (Lipinski definition) is 4. The summed E-state index contributed by atoms with van der Waals surface area (Å²) in [6.07, 6.45) is 3.60. The molecule has 3 rings (SSSR count). The maximum absolute atomic E-state index is 4.68. The highest BCUT2D eigenvalue weighted by Crippen LogP contribution is 2.23. The molecule has 106 valence electrons. The summed E-state index contributed by atoms with van der Waals surface area (Å²) in [5, 5.41) is 4.47. The van der Waals surface area contributed by atoms with Crippen LogP contribution in [0.2, 0.25) is 0 Å². The quantitative estimate of drug-likeness (QED) is 0.789. The second kappa shape index (κ2) is 5.87. The smallest absolute Gasteiger partial charge is 0.137 e. The Morgan fingerprint density at radius 1 is 1.00 bits per heavy atom. The molecule has 0 saturated carbocycles. The largest absolute Gasteiger partial charge is 0.365 e. The van der Waals surface area contributed by atoms with Gasteiger partial charge < -0.3 is 5.32 Å². The Kier molecular flexibility index (Phi) is 3.77. The van der Waals surface area contributed by atoms with Gasteiger partial charge in [0.15, 0.2) is 0 Å². The summed E-state index contributed by atoms with van der Waals surface area (Å²) in [6, 6.07) is 12.1. The minimum Gasteiger partial charge on any atom is -0.365 e. The van der Waals surface area contributed by atoms with E-state index in [4.69, 9.17) is 0 Å². The van der Waals surface area contributed by atoms with Gasteiger partial charge in [-0.1, -0.05) is 26.0 Å². The van der Waals surface area contributed by atoms with Crippen LogP contribution in [0.5, 0.6) is 0 Å². The molecular formula is C17H18N4. The first-order valence-electron chi connectivity index (χ1n) is 7.13. The second-order valence-corrected chi connectivity index (χ2v) is 5.31. The zero-order valence-electron chi connectivity index (χ0n) is 12.2. The number of pyridine rings is 1. The van der Waals surface area contributed by atoms with Crippen LogP contribution in [-0.4, -0.2) is 15.0 Å². The monoisotopic (exact) mass is 278 g/mol. The van der Waals surface area contributed by atoms with Crippen molar-refractivity contribution in [2.24, 2.45) is 0 Å². The van der Waals surface area contributed by atoms with Crippen molar-refractivity contribution in [2.45, 2.75) is 26.3 Å².